The predicted octanol–water partition coefficient (Wildman–Crippen LogP) is 3.70. The smallest absolute Gasteiger partial charge is 0.265 e. The van der Waals surface area contributed by atoms with Gasteiger partial charge in [-0.15, -0.1) is 28.1 Å². The highest BCUT2D eigenvalue weighted by Gasteiger charge is 2.19. The summed E-state index contributed by atoms with van der Waals surface area (Å²) in [6, 6.07) is 2.06. The van der Waals surface area contributed by atoms with E-state index in [2.05, 4.69) is 33.1 Å². The Bertz CT molecular complexity index is 1080. The number of carbonyl (C=O) groups excluding carboxylic acids is 2. The molecule has 3 aromatic heterocycles. The molecule has 8 nitrogen and oxygen atoms in total. The molecule has 2 amide bonds. The third-order valence-electron chi connectivity index (χ3n) is 3.99. The first kappa shape index (κ1) is 22.2. The van der Waals surface area contributed by atoms with Crippen LogP contribution in [-0.4, -0.2) is 56.3 Å². The number of thiazole rings is 1. The fraction of sp³-hybridized carbons (Fsp3) is 0.316. The first-order valence-corrected chi connectivity index (χ1v) is 11.7. The van der Waals surface area contributed by atoms with Crippen molar-refractivity contribution in [2.45, 2.75) is 25.5 Å². The number of rotatable bonds is 8. The minimum atomic E-state index is -0.223. The van der Waals surface area contributed by atoms with Gasteiger partial charge in [0.1, 0.15) is 4.88 Å². The summed E-state index contributed by atoms with van der Waals surface area (Å²) in [6.07, 6.45) is 1.78. The van der Waals surface area contributed by atoms with E-state index in [-0.39, 0.29) is 17.6 Å². The van der Waals surface area contributed by atoms with Crippen molar-refractivity contribution in [1.29, 1.82) is 0 Å². The molecule has 158 valence electrons. The lowest BCUT2D eigenvalue weighted by molar-refractivity contribution is -0.113. The summed E-state index contributed by atoms with van der Waals surface area (Å²) in [7, 11) is 3.36. The Morgan fingerprint density at radius 2 is 2.10 bits per heavy atom. The molecular formula is C19H22N6O2S3. The van der Waals surface area contributed by atoms with E-state index in [0.717, 1.165) is 11.4 Å². The number of aromatic nitrogens is 4. The van der Waals surface area contributed by atoms with Crippen molar-refractivity contribution in [1.82, 2.24) is 24.6 Å². The summed E-state index contributed by atoms with van der Waals surface area (Å²) < 4.78 is 1.94. The average Bonchev–Trinajstić information content (AvgIpc) is 3.38. The number of allylic oxidation sites excluding steroid dienone is 1. The SMILES string of the molecule is C=CCn1c(SCC(=O)Nc2nc(C)c(C(=O)N(C)C)s2)nnc1-c1csc(C)c1. The van der Waals surface area contributed by atoms with Crippen LogP contribution in [0, 0.1) is 13.8 Å². The van der Waals surface area contributed by atoms with Crippen LogP contribution < -0.4 is 5.32 Å². The van der Waals surface area contributed by atoms with E-state index in [9.17, 15) is 9.59 Å². The molecule has 3 rings (SSSR count). The Labute approximate surface area is 187 Å². The lowest BCUT2D eigenvalue weighted by Gasteiger charge is -2.07. The summed E-state index contributed by atoms with van der Waals surface area (Å²) in [5.41, 5.74) is 1.60. The molecule has 0 aliphatic heterocycles. The van der Waals surface area contributed by atoms with Gasteiger partial charge in [-0.25, -0.2) is 4.98 Å². The summed E-state index contributed by atoms with van der Waals surface area (Å²) in [5, 5.41) is 14.4. The minimum absolute atomic E-state index is 0.131. The number of aryl methyl sites for hydroxylation is 2. The molecule has 0 atom stereocenters. The Balaban J connectivity index is 1.68. The number of nitrogens with one attached hydrogen (secondary N) is 1. The molecule has 0 fully saturated rings. The number of carbonyl (C=O) groups is 2. The molecule has 0 unspecified atom stereocenters. The second kappa shape index (κ2) is 9.54. The first-order valence-electron chi connectivity index (χ1n) is 9.01. The standard InChI is InChI=1S/C19H22N6O2S3/c1-6-7-25-16(13-8-11(2)28-9-13)22-23-19(25)29-10-14(26)21-18-20-12(3)15(30-18)17(27)24(4)5/h6,8-9H,1,7,10H2,2-5H3,(H,20,21,26). The molecular weight excluding hydrogens is 440 g/mol. The normalized spacial score (nSPS) is 10.8. The maximum atomic E-state index is 12.4. The van der Waals surface area contributed by atoms with E-state index in [1.807, 2.05) is 16.9 Å². The summed E-state index contributed by atoms with van der Waals surface area (Å²) >= 11 is 4.12. The van der Waals surface area contributed by atoms with Gasteiger partial charge in [0.05, 0.1) is 11.4 Å². The van der Waals surface area contributed by atoms with Crippen molar-refractivity contribution in [3.63, 3.8) is 0 Å². The van der Waals surface area contributed by atoms with Crippen molar-refractivity contribution in [3.05, 3.63) is 39.5 Å². The van der Waals surface area contributed by atoms with Gasteiger partial charge in [-0.2, -0.15) is 0 Å². The number of thioether (sulfide) groups is 1. The molecule has 1 N–H and O–H groups in total. The van der Waals surface area contributed by atoms with Gasteiger partial charge < -0.3 is 10.2 Å². The van der Waals surface area contributed by atoms with Crippen LogP contribution in [0.15, 0.2) is 29.3 Å². The largest absolute Gasteiger partial charge is 0.344 e. The Morgan fingerprint density at radius 1 is 1.33 bits per heavy atom. The predicted molar refractivity (Wildman–Crippen MR) is 122 cm³/mol. The average molecular weight is 463 g/mol. The molecule has 0 aliphatic carbocycles. The molecule has 0 saturated heterocycles. The molecule has 0 aliphatic rings. The Morgan fingerprint density at radius 3 is 2.73 bits per heavy atom. The monoisotopic (exact) mass is 462 g/mol. The van der Waals surface area contributed by atoms with E-state index in [4.69, 9.17) is 0 Å². The van der Waals surface area contributed by atoms with Gasteiger partial charge >= 0.3 is 0 Å². The van der Waals surface area contributed by atoms with Gasteiger partial charge in [-0.05, 0) is 19.9 Å². The van der Waals surface area contributed by atoms with Gasteiger partial charge in [0.2, 0.25) is 5.91 Å². The lowest BCUT2D eigenvalue weighted by atomic mass is 10.3. The van der Waals surface area contributed by atoms with Crippen molar-refractivity contribution >= 4 is 51.4 Å². The second-order valence-electron chi connectivity index (χ2n) is 6.62. The van der Waals surface area contributed by atoms with Crippen LogP contribution in [-0.2, 0) is 11.3 Å². The lowest BCUT2D eigenvalue weighted by Crippen LogP contribution is -2.21. The number of thiophene rings is 1. The van der Waals surface area contributed by atoms with Crippen LogP contribution in [0.2, 0.25) is 0 Å². The molecule has 3 aromatic rings. The maximum Gasteiger partial charge on any atom is 0.265 e. The van der Waals surface area contributed by atoms with Crippen molar-refractivity contribution in [3.8, 4) is 11.4 Å². The highest BCUT2D eigenvalue weighted by molar-refractivity contribution is 7.99. The summed E-state index contributed by atoms with van der Waals surface area (Å²) in [4.78, 5) is 32.1. The van der Waals surface area contributed by atoms with Crippen LogP contribution in [0.4, 0.5) is 5.13 Å². The molecule has 0 aromatic carbocycles. The fourth-order valence-electron chi connectivity index (χ4n) is 2.60. The van der Waals surface area contributed by atoms with Crippen molar-refractivity contribution in [2.75, 3.05) is 25.2 Å². The third-order valence-corrected chi connectivity index (χ3v) is 6.88. The topological polar surface area (TPSA) is 93.0 Å². The quantitative estimate of drug-likeness (QED) is 0.405. The summed E-state index contributed by atoms with van der Waals surface area (Å²) in [5.74, 6) is 0.546. The fourth-order valence-corrected chi connectivity index (χ4v) is 5.03. The highest BCUT2D eigenvalue weighted by Crippen LogP contribution is 2.28. The van der Waals surface area contributed by atoms with E-state index in [0.29, 0.717) is 27.4 Å². The number of hydrogen-bond acceptors (Lipinski definition) is 8. The van der Waals surface area contributed by atoms with E-state index in [1.54, 1.807) is 38.4 Å². The first-order chi connectivity index (χ1) is 14.3. The van der Waals surface area contributed by atoms with Crippen LogP contribution >= 0.6 is 34.4 Å². The number of anilines is 1. The highest BCUT2D eigenvalue weighted by atomic mass is 32.2. The number of nitrogens with zero attached hydrogens (tertiary/aromatic N) is 5. The molecule has 0 bridgehead atoms. The van der Waals surface area contributed by atoms with Crippen LogP contribution in [0.25, 0.3) is 11.4 Å². The Hall–Kier alpha value is -2.50. The van der Waals surface area contributed by atoms with Crippen molar-refractivity contribution < 1.29 is 9.59 Å². The second-order valence-corrected chi connectivity index (χ2v) is 9.68. The minimum Gasteiger partial charge on any atom is -0.344 e. The van der Waals surface area contributed by atoms with Crippen LogP contribution in [0.3, 0.4) is 0 Å². The zero-order chi connectivity index (χ0) is 21.8. The van der Waals surface area contributed by atoms with E-state index < -0.39 is 0 Å². The van der Waals surface area contributed by atoms with Gasteiger partial charge in [-0.3, -0.25) is 14.2 Å². The van der Waals surface area contributed by atoms with Gasteiger partial charge in [-0.1, -0.05) is 29.2 Å². The van der Waals surface area contributed by atoms with Crippen LogP contribution in [0.1, 0.15) is 20.2 Å². The molecule has 0 saturated carbocycles. The molecule has 11 heteroatoms. The summed E-state index contributed by atoms with van der Waals surface area (Å²) in [6.45, 7) is 8.14. The third kappa shape index (κ3) is 4.97. The van der Waals surface area contributed by atoms with Crippen LogP contribution in [0.5, 0.6) is 0 Å². The van der Waals surface area contributed by atoms with E-state index in [1.165, 1.54) is 32.9 Å². The molecule has 0 spiro atoms. The van der Waals surface area contributed by atoms with Crippen molar-refractivity contribution in [2.24, 2.45) is 0 Å². The van der Waals surface area contributed by atoms with Gasteiger partial charge in [0.15, 0.2) is 16.1 Å². The number of hydrogen-bond donors (Lipinski definition) is 1. The van der Waals surface area contributed by atoms with Gasteiger partial charge in [0, 0.05) is 36.5 Å². The Kier molecular flexibility index (Phi) is 7.06. The molecule has 0 radical (unpaired) electrons. The zero-order valence-electron chi connectivity index (χ0n) is 17.1. The van der Waals surface area contributed by atoms with Gasteiger partial charge in [0.25, 0.3) is 5.91 Å². The molecule has 3 heterocycles. The maximum absolute atomic E-state index is 12.4. The zero-order valence-corrected chi connectivity index (χ0v) is 19.6. The molecule has 30 heavy (non-hydrogen) atoms. The van der Waals surface area contributed by atoms with E-state index >= 15 is 0 Å². The number of amides is 2.